The van der Waals surface area contributed by atoms with Gasteiger partial charge in [-0.3, -0.25) is 4.79 Å². The monoisotopic (exact) mass is 304 g/mol. The minimum absolute atomic E-state index is 0.0386. The minimum Gasteiger partial charge on any atom is -0.493 e. The summed E-state index contributed by atoms with van der Waals surface area (Å²) in [7, 11) is 3.14. The molecule has 120 valence electrons. The lowest BCUT2D eigenvalue weighted by atomic mass is 10.0. The highest BCUT2D eigenvalue weighted by atomic mass is 16.5. The first kappa shape index (κ1) is 16.4. The van der Waals surface area contributed by atoms with Crippen LogP contribution in [0.25, 0.3) is 0 Å². The highest BCUT2D eigenvalue weighted by Gasteiger charge is 2.28. The van der Waals surface area contributed by atoms with Gasteiger partial charge in [0.25, 0.3) is 5.91 Å². The van der Waals surface area contributed by atoms with E-state index in [2.05, 4.69) is 11.9 Å². The van der Waals surface area contributed by atoms with Gasteiger partial charge in [0.1, 0.15) is 0 Å². The van der Waals surface area contributed by atoms with Gasteiger partial charge in [0, 0.05) is 23.7 Å². The summed E-state index contributed by atoms with van der Waals surface area (Å²) in [6, 6.07) is 3.53. The van der Waals surface area contributed by atoms with Gasteiger partial charge in [0.05, 0.1) is 14.2 Å². The molecule has 1 fully saturated rings. The van der Waals surface area contributed by atoms with E-state index in [4.69, 9.17) is 15.2 Å². The number of carbonyl (C=O) groups excluding carboxylic acids is 1. The van der Waals surface area contributed by atoms with E-state index in [0.29, 0.717) is 35.9 Å². The van der Waals surface area contributed by atoms with E-state index in [1.807, 2.05) is 0 Å². The molecular weight excluding hydrogens is 280 g/mol. The standard InChI is InChI=1S/C17H24N2O3/c1-4-5-12-8-13(9-15(21-2)16(12)22-3)17(20)19-10-14(18)11-6-7-11/h4,8-9,11,14H,1,5-7,10,18H2,2-3H3,(H,19,20). The molecule has 1 aromatic carbocycles. The molecule has 1 saturated carbocycles. The van der Waals surface area contributed by atoms with Crippen molar-refractivity contribution in [3.05, 3.63) is 35.9 Å². The zero-order valence-corrected chi connectivity index (χ0v) is 13.2. The van der Waals surface area contributed by atoms with E-state index in [-0.39, 0.29) is 11.9 Å². The van der Waals surface area contributed by atoms with E-state index in [1.54, 1.807) is 32.4 Å². The van der Waals surface area contributed by atoms with E-state index >= 15 is 0 Å². The molecule has 0 bridgehead atoms. The quantitative estimate of drug-likeness (QED) is 0.719. The number of ether oxygens (including phenoxy) is 2. The highest BCUT2D eigenvalue weighted by molar-refractivity contribution is 5.95. The van der Waals surface area contributed by atoms with Crippen LogP contribution in [0.4, 0.5) is 0 Å². The number of hydrogen-bond donors (Lipinski definition) is 2. The number of methoxy groups -OCH3 is 2. The molecule has 0 radical (unpaired) electrons. The number of allylic oxidation sites excluding steroid dienone is 1. The fraction of sp³-hybridized carbons (Fsp3) is 0.471. The molecule has 5 heteroatoms. The third-order valence-corrected chi connectivity index (χ3v) is 3.91. The van der Waals surface area contributed by atoms with Crippen molar-refractivity contribution in [3.63, 3.8) is 0 Å². The minimum atomic E-state index is -0.151. The van der Waals surface area contributed by atoms with Crippen molar-refractivity contribution >= 4 is 5.91 Å². The molecule has 1 aromatic rings. The summed E-state index contributed by atoms with van der Waals surface area (Å²) in [4.78, 5) is 12.3. The molecule has 2 rings (SSSR count). The van der Waals surface area contributed by atoms with Crippen molar-refractivity contribution < 1.29 is 14.3 Å². The Morgan fingerprint density at radius 1 is 1.45 bits per heavy atom. The molecule has 0 aliphatic heterocycles. The maximum atomic E-state index is 12.3. The van der Waals surface area contributed by atoms with Gasteiger partial charge in [0.15, 0.2) is 11.5 Å². The Balaban J connectivity index is 2.15. The Labute approximate surface area is 131 Å². The number of benzene rings is 1. The second kappa shape index (κ2) is 7.31. The maximum Gasteiger partial charge on any atom is 0.251 e. The van der Waals surface area contributed by atoms with Crippen LogP contribution in [0.1, 0.15) is 28.8 Å². The Bertz CT molecular complexity index is 553. The molecule has 1 amide bonds. The van der Waals surface area contributed by atoms with Crippen LogP contribution < -0.4 is 20.5 Å². The molecule has 0 heterocycles. The van der Waals surface area contributed by atoms with Crippen LogP contribution in [0.2, 0.25) is 0 Å². The summed E-state index contributed by atoms with van der Waals surface area (Å²) >= 11 is 0. The lowest BCUT2D eigenvalue weighted by Crippen LogP contribution is -2.38. The predicted octanol–water partition coefficient (Wildman–Crippen LogP) is 1.90. The zero-order valence-electron chi connectivity index (χ0n) is 13.2. The smallest absolute Gasteiger partial charge is 0.251 e. The van der Waals surface area contributed by atoms with Gasteiger partial charge in [-0.05, 0) is 37.3 Å². The summed E-state index contributed by atoms with van der Waals surface area (Å²) < 4.78 is 10.7. The van der Waals surface area contributed by atoms with Gasteiger partial charge in [-0.1, -0.05) is 6.08 Å². The first-order valence-corrected chi connectivity index (χ1v) is 7.50. The normalized spacial score (nSPS) is 15.0. The second-order valence-corrected chi connectivity index (χ2v) is 5.57. The number of carbonyl (C=O) groups is 1. The molecule has 5 nitrogen and oxygen atoms in total. The maximum absolute atomic E-state index is 12.3. The van der Waals surface area contributed by atoms with Gasteiger partial charge in [-0.2, -0.15) is 0 Å². The number of amides is 1. The summed E-state index contributed by atoms with van der Waals surface area (Å²) in [5.74, 6) is 1.58. The molecule has 3 N–H and O–H groups in total. The lowest BCUT2D eigenvalue weighted by Gasteiger charge is -2.15. The summed E-state index contributed by atoms with van der Waals surface area (Å²) in [6.07, 6.45) is 4.69. The number of hydrogen-bond acceptors (Lipinski definition) is 4. The number of nitrogens with one attached hydrogen (secondary N) is 1. The molecule has 0 aromatic heterocycles. The zero-order chi connectivity index (χ0) is 16.1. The molecular formula is C17H24N2O3. The molecule has 1 aliphatic rings. The Kier molecular flexibility index (Phi) is 5.44. The van der Waals surface area contributed by atoms with Gasteiger partial charge in [0.2, 0.25) is 0 Å². The summed E-state index contributed by atoms with van der Waals surface area (Å²) in [5, 5.41) is 2.89. The fourth-order valence-electron chi connectivity index (χ4n) is 2.49. The van der Waals surface area contributed by atoms with Crippen molar-refractivity contribution in [2.45, 2.75) is 25.3 Å². The van der Waals surface area contributed by atoms with Crippen molar-refractivity contribution in [2.75, 3.05) is 20.8 Å². The molecule has 1 unspecified atom stereocenters. The third kappa shape index (κ3) is 3.80. The molecule has 0 saturated heterocycles. The fourth-order valence-corrected chi connectivity index (χ4v) is 2.49. The van der Waals surface area contributed by atoms with Crippen LogP contribution in [-0.2, 0) is 6.42 Å². The number of nitrogens with two attached hydrogens (primary N) is 1. The predicted molar refractivity (Wildman–Crippen MR) is 86.5 cm³/mol. The van der Waals surface area contributed by atoms with Gasteiger partial charge in [-0.25, -0.2) is 0 Å². The van der Waals surface area contributed by atoms with Crippen molar-refractivity contribution in [1.29, 1.82) is 0 Å². The SMILES string of the molecule is C=CCc1cc(C(=O)NCC(N)C2CC2)cc(OC)c1OC. The van der Waals surface area contributed by atoms with Crippen molar-refractivity contribution in [1.82, 2.24) is 5.32 Å². The molecule has 0 spiro atoms. The summed E-state index contributed by atoms with van der Waals surface area (Å²) in [5.41, 5.74) is 7.42. The van der Waals surface area contributed by atoms with Crippen molar-refractivity contribution in [2.24, 2.45) is 11.7 Å². The van der Waals surface area contributed by atoms with Crippen LogP contribution >= 0.6 is 0 Å². The molecule has 22 heavy (non-hydrogen) atoms. The molecule has 1 atom stereocenters. The topological polar surface area (TPSA) is 73.6 Å². The van der Waals surface area contributed by atoms with Crippen LogP contribution in [0.15, 0.2) is 24.8 Å². The van der Waals surface area contributed by atoms with E-state index in [9.17, 15) is 4.79 Å². The lowest BCUT2D eigenvalue weighted by molar-refractivity contribution is 0.0949. The van der Waals surface area contributed by atoms with Crippen LogP contribution in [0.3, 0.4) is 0 Å². The van der Waals surface area contributed by atoms with Crippen LogP contribution in [0, 0.1) is 5.92 Å². The Morgan fingerprint density at radius 2 is 2.18 bits per heavy atom. The largest absolute Gasteiger partial charge is 0.493 e. The van der Waals surface area contributed by atoms with Gasteiger partial charge < -0.3 is 20.5 Å². The third-order valence-electron chi connectivity index (χ3n) is 3.91. The summed E-state index contributed by atoms with van der Waals surface area (Å²) in [6.45, 7) is 4.23. The highest BCUT2D eigenvalue weighted by Crippen LogP contribution is 2.33. The van der Waals surface area contributed by atoms with E-state index < -0.39 is 0 Å². The van der Waals surface area contributed by atoms with E-state index in [0.717, 1.165) is 18.4 Å². The average molecular weight is 304 g/mol. The first-order valence-electron chi connectivity index (χ1n) is 7.50. The second-order valence-electron chi connectivity index (χ2n) is 5.57. The van der Waals surface area contributed by atoms with E-state index in [1.165, 1.54) is 0 Å². The van der Waals surface area contributed by atoms with Gasteiger partial charge >= 0.3 is 0 Å². The Hall–Kier alpha value is -2.01. The van der Waals surface area contributed by atoms with Crippen molar-refractivity contribution in [3.8, 4) is 11.5 Å². The van der Waals surface area contributed by atoms with Crippen LogP contribution in [-0.4, -0.2) is 32.7 Å². The van der Waals surface area contributed by atoms with Gasteiger partial charge in [-0.15, -0.1) is 6.58 Å². The Morgan fingerprint density at radius 3 is 2.73 bits per heavy atom. The molecule has 1 aliphatic carbocycles. The van der Waals surface area contributed by atoms with Crippen LogP contribution in [0.5, 0.6) is 11.5 Å². The average Bonchev–Trinajstić information content (AvgIpc) is 3.36. The number of rotatable bonds is 8. The first-order chi connectivity index (χ1) is 10.6.